The summed E-state index contributed by atoms with van der Waals surface area (Å²) in [7, 11) is 0. The lowest BCUT2D eigenvalue weighted by molar-refractivity contribution is -0.0504. The molecule has 1 aliphatic rings. The van der Waals surface area contributed by atoms with Crippen molar-refractivity contribution in [3.05, 3.63) is 39.5 Å². The first kappa shape index (κ1) is 14.2. The van der Waals surface area contributed by atoms with Gasteiger partial charge in [-0.2, -0.15) is 8.78 Å². The molecule has 0 unspecified atom stereocenters. The van der Waals surface area contributed by atoms with Crippen molar-refractivity contribution in [1.29, 1.82) is 0 Å². The summed E-state index contributed by atoms with van der Waals surface area (Å²) in [5.41, 5.74) is 0.352. The molecule has 1 N–H and O–H groups in total. The van der Waals surface area contributed by atoms with E-state index in [-0.39, 0.29) is 17.7 Å². The van der Waals surface area contributed by atoms with E-state index in [1.54, 1.807) is 6.07 Å². The molecule has 0 aliphatic heterocycles. The quantitative estimate of drug-likeness (QED) is 0.644. The molecule has 1 aromatic carbocycles. The zero-order valence-corrected chi connectivity index (χ0v) is 12.1. The first-order valence-electron chi connectivity index (χ1n) is 5.77. The van der Waals surface area contributed by atoms with Gasteiger partial charge in [-0.25, -0.2) is 0 Å². The molecular formula is C13H12F2INO2. The fraction of sp³-hybridized carbons (Fsp3) is 0.308. The van der Waals surface area contributed by atoms with Crippen LogP contribution in [0.3, 0.4) is 0 Å². The Kier molecular flexibility index (Phi) is 4.73. The van der Waals surface area contributed by atoms with Crippen LogP contribution in [0.2, 0.25) is 0 Å². The van der Waals surface area contributed by atoms with Crippen LogP contribution in [-0.4, -0.2) is 18.6 Å². The Hall–Kier alpha value is -1.18. The lowest BCUT2D eigenvalue weighted by atomic mass is 10.1. The summed E-state index contributed by atoms with van der Waals surface area (Å²) < 4.78 is 29.2. The largest absolute Gasteiger partial charge is 0.434 e. The Balaban J connectivity index is 2.12. The van der Waals surface area contributed by atoms with E-state index in [1.165, 1.54) is 12.1 Å². The number of nitrogens with one attached hydrogen (secondary N) is 1. The number of carbonyl (C=O) groups excluding carboxylic acids is 1. The van der Waals surface area contributed by atoms with E-state index in [2.05, 4.69) is 10.1 Å². The number of benzene rings is 1. The van der Waals surface area contributed by atoms with E-state index in [4.69, 9.17) is 0 Å². The van der Waals surface area contributed by atoms with E-state index in [0.29, 0.717) is 9.13 Å². The van der Waals surface area contributed by atoms with Gasteiger partial charge in [-0.15, -0.1) is 0 Å². The van der Waals surface area contributed by atoms with Gasteiger partial charge in [0.25, 0.3) is 5.91 Å². The van der Waals surface area contributed by atoms with E-state index >= 15 is 0 Å². The predicted octanol–water partition coefficient (Wildman–Crippen LogP) is 3.34. The summed E-state index contributed by atoms with van der Waals surface area (Å²) in [5, 5.41) is 2.87. The number of carbonyl (C=O) groups is 1. The highest BCUT2D eigenvalue weighted by atomic mass is 127. The molecule has 0 radical (unpaired) electrons. The standard InChI is InChI=1S/C13H12F2INO2/c14-13(15)19-10-7-3-6-9(11(10)16)12(18)17-8-4-1-2-5-8/h1-3,6-8,13H,4-5H2,(H,17,18). The summed E-state index contributed by atoms with van der Waals surface area (Å²) in [6, 6.07) is 4.63. The molecule has 0 atom stereocenters. The van der Waals surface area contributed by atoms with Gasteiger partial charge in [-0.1, -0.05) is 18.2 Å². The molecule has 0 aromatic heterocycles. The molecular weight excluding hydrogens is 367 g/mol. The first-order valence-corrected chi connectivity index (χ1v) is 6.85. The van der Waals surface area contributed by atoms with E-state index < -0.39 is 6.61 Å². The lowest BCUT2D eigenvalue weighted by Gasteiger charge is -2.14. The van der Waals surface area contributed by atoms with Crippen molar-refractivity contribution >= 4 is 28.5 Å². The van der Waals surface area contributed by atoms with Crippen molar-refractivity contribution in [3.63, 3.8) is 0 Å². The van der Waals surface area contributed by atoms with Crippen LogP contribution in [0.15, 0.2) is 30.4 Å². The molecule has 3 nitrogen and oxygen atoms in total. The number of alkyl halides is 2. The number of hydrogen-bond acceptors (Lipinski definition) is 2. The van der Waals surface area contributed by atoms with Crippen LogP contribution in [0.25, 0.3) is 0 Å². The highest BCUT2D eigenvalue weighted by Crippen LogP contribution is 2.26. The second-order valence-corrected chi connectivity index (χ2v) is 5.19. The Bertz CT molecular complexity index is 497. The van der Waals surface area contributed by atoms with Crippen molar-refractivity contribution in [3.8, 4) is 5.75 Å². The van der Waals surface area contributed by atoms with Crippen LogP contribution in [0.5, 0.6) is 5.75 Å². The molecule has 0 saturated heterocycles. The fourth-order valence-corrected chi connectivity index (χ4v) is 2.60. The highest BCUT2D eigenvalue weighted by Gasteiger charge is 2.19. The molecule has 1 aliphatic carbocycles. The molecule has 0 saturated carbocycles. The third kappa shape index (κ3) is 3.65. The molecule has 2 rings (SSSR count). The van der Waals surface area contributed by atoms with E-state index in [1.807, 2.05) is 34.7 Å². The van der Waals surface area contributed by atoms with Crippen LogP contribution >= 0.6 is 22.6 Å². The minimum absolute atomic E-state index is 0.0211. The van der Waals surface area contributed by atoms with Crippen molar-refractivity contribution in [2.45, 2.75) is 25.5 Å². The van der Waals surface area contributed by atoms with Gasteiger partial charge in [0.1, 0.15) is 5.75 Å². The lowest BCUT2D eigenvalue weighted by Crippen LogP contribution is -2.33. The molecule has 0 bridgehead atoms. The van der Waals surface area contributed by atoms with E-state index in [0.717, 1.165) is 12.8 Å². The number of amides is 1. The Morgan fingerprint density at radius 1 is 1.37 bits per heavy atom. The molecule has 1 aromatic rings. The second kappa shape index (κ2) is 6.31. The third-order valence-corrected chi connectivity index (χ3v) is 3.88. The van der Waals surface area contributed by atoms with Gasteiger partial charge in [0.05, 0.1) is 9.13 Å². The molecule has 0 fully saturated rings. The van der Waals surface area contributed by atoms with E-state index in [9.17, 15) is 13.6 Å². The minimum Gasteiger partial charge on any atom is -0.434 e. The molecule has 0 spiro atoms. The van der Waals surface area contributed by atoms with Crippen LogP contribution in [0.4, 0.5) is 8.78 Å². The molecule has 19 heavy (non-hydrogen) atoms. The Morgan fingerprint density at radius 2 is 2.05 bits per heavy atom. The van der Waals surface area contributed by atoms with Crippen LogP contribution in [0, 0.1) is 3.57 Å². The summed E-state index contributed by atoms with van der Waals surface area (Å²) in [6.07, 6.45) is 5.61. The van der Waals surface area contributed by atoms with Gasteiger partial charge in [0, 0.05) is 6.04 Å². The zero-order valence-electron chi connectivity index (χ0n) is 9.91. The van der Waals surface area contributed by atoms with Crippen LogP contribution in [-0.2, 0) is 0 Å². The van der Waals surface area contributed by atoms with Crippen molar-refractivity contribution < 1.29 is 18.3 Å². The van der Waals surface area contributed by atoms with Gasteiger partial charge >= 0.3 is 6.61 Å². The molecule has 6 heteroatoms. The molecule has 102 valence electrons. The van der Waals surface area contributed by atoms with Crippen molar-refractivity contribution in [1.82, 2.24) is 5.32 Å². The highest BCUT2D eigenvalue weighted by molar-refractivity contribution is 14.1. The van der Waals surface area contributed by atoms with Crippen LogP contribution < -0.4 is 10.1 Å². The topological polar surface area (TPSA) is 38.3 Å². The first-order chi connectivity index (χ1) is 9.08. The van der Waals surface area contributed by atoms with Gasteiger partial charge in [-0.3, -0.25) is 4.79 Å². The molecule has 0 heterocycles. The maximum atomic E-state index is 12.2. The minimum atomic E-state index is -2.90. The van der Waals surface area contributed by atoms with Crippen molar-refractivity contribution in [2.75, 3.05) is 0 Å². The van der Waals surface area contributed by atoms with Gasteiger partial charge < -0.3 is 10.1 Å². The molecule has 1 amide bonds. The smallest absolute Gasteiger partial charge is 0.387 e. The summed E-state index contributed by atoms with van der Waals surface area (Å²) in [6.45, 7) is -2.90. The predicted molar refractivity (Wildman–Crippen MR) is 75.4 cm³/mol. The number of hydrogen-bond donors (Lipinski definition) is 1. The van der Waals surface area contributed by atoms with Gasteiger partial charge in [0.15, 0.2) is 0 Å². The SMILES string of the molecule is O=C(NC1CC=CC1)c1cccc(OC(F)F)c1I. The zero-order chi connectivity index (χ0) is 13.8. The number of halogens is 3. The van der Waals surface area contributed by atoms with Crippen LogP contribution in [0.1, 0.15) is 23.2 Å². The second-order valence-electron chi connectivity index (χ2n) is 4.11. The normalized spacial score (nSPS) is 14.9. The monoisotopic (exact) mass is 379 g/mol. The summed E-state index contributed by atoms with van der Waals surface area (Å²) >= 11 is 1.84. The number of ether oxygens (including phenoxy) is 1. The maximum Gasteiger partial charge on any atom is 0.387 e. The fourth-order valence-electron chi connectivity index (χ4n) is 1.87. The average Bonchev–Trinajstić information content (AvgIpc) is 2.84. The Morgan fingerprint density at radius 3 is 2.68 bits per heavy atom. The summed E-state index contributed by atoms with van der Waals surface area (Å²) in [4.78, 5) is 12.1. The maximum absolute atomic E-state index is 12.2. The van der Waals surface area contributed by atoms with Gasteiger partial charge in [-0.05, 0) is 47.6 Å². The average molecular weight is 379 g/mol. The van der Waals surface area contributed by atoms with Gasteiger partial charge in [0.2, 0.25) is 0 Å². The third-order valence-electron chi connectivity index (χ3n) is 2.77. The van der Waals surface area contributed by atoms with Crippen molar-refractivity contribution in [2.24, 2.45) is 0 Å². The Labute approximate surface area is 123 Å². The number of rotatable bonds is 4. The summed E-state index contributed by atoms with van der Waals surface area (Å²) in [5.74, 6) is -0.245.